The van der Waals surface area contributed by atoms with Gasteiger partial charge in [0, 0.05) is 23.9 Å². The molecule has 0 saturated carbocycles. The van der Waals surface area contributed by atoms with Gasteiger partial charge in [-0.05, 0) is 0 Å². The first-order chi connectivity index (χ1) is 2.00. The Morgan fingerprint density at radius 2 is 1.17 bits per heavy atom. The molecule has 39 valence electrons. The third kappa shape index (κ3) is 36.1. The molecule has 0 aliphatic carbocycles. The fourth-order valence-corrected chi connectivity index (χ4v) is 0. The maximum atomic E-state index is 9.57. The number of hydrogen-bond donors (Lipinski definition) is 0. The van der Waals surface area contributed by atoms with E-state index in [9.17, 15) is 3.57 Å². The molecule has 0 fully saturated rings. The van der Waals surface area contributed by atoms with Crippen molar-refractivity contribution in [1.82, 2.24) is 0 Å². The Morgan fingerprint density at radius 1 is 1.17 bits per heavy atom. The molecule has 4 radical (unpaired) electrons. The van der Waals surface area contributed by atoms with E-state index in [1.54, 1.807) is 0 Å². The topological polar surface area (TPSA) is 17.1 Å². The fourth-order valence-electron chi connectivity index (χ4n) is 0. The second-order valence-electron chi connectivity index (χ2n) is 0.315. The van der Waals surface area contributed by atoms with Crippen LogP contribution in [0.25, 0.3) is 0 Å². The van der Waals surface area contributed by atoms with E-state index < -0.39 is 11.8 Å². The molecule has 0 aliphatic heterocycles. The molecule has 0 aromatic rings. The van der Waals surface area contributed by atoms with Crippen LogP contribution in [0.15, 0.2) is 0 Å². The second kappa shape index (κ2) is 4.02. The Morgan fingerprint density at radius 3 is 1.17 bits per heavy atom. The van der Waals surface area contributed by atoms with Crippen molar-refractivity contribution in [2.24, 2.45) is 0 Å². The number of rotatable bonds is 0. The normalized spacial score (nSPS) is 12.5. The fraction of sp³-hybridized carbons (Fsp3) is 0. The predicted molar refractivity (Wildman–Crippen MR) is 24.0 cm³/mol. The summed E-state index contributed by atoms with van der Waals surface area (Å²) in [7, 11) is 14.0. The van der Waals surface area contributed by atoms with Crippen molar-refractivity contribution in [2.75, 3.05) is 0 Å². The summed E-state index contributed by atoms with van der Waals surface area (Å²) in [5, 5.41) is 0. The van der Waals surface area contributed by atoms with E-state index in [1.807, 2.05) is 0 Å². The Balaban J connectivity index is 0. The quantitative estimate of drug-likeness (QED) is 0.611. The third-order valence-corrected chi connectivity index (χ3v) is 0. The maximum Gasteiger partial charge on any atom is 0 e. The smallest absolute Gasteiger partial charge is 0 e. The zero-order chi connectivity index (χ0) is 4.50. The van der Waals surface area contributed by atoms with Gasteiger partial charge in [0.25, 0.3) is 0 Å². The molecule has 1 nitrogen and oxygen atoms in total. The van der Waals surface area contributed by atoms with Gasteiger partial charge in [-0.2, -0.15) is 0 Å². The van der Waals surface area contributed by atoms with E-state index >= 15 is 0 Å². The summed E-state index contributed by atoms with van der Waals surface area (Å²) < 4.78 is 9.57. The van der Waals surface area contributed by atoms with E-state index in [2.05, 4.69) is 29.1 Å². The van der Waals surface area contributed by atoms with Crippen LogP contribution in [0.3, 0.4) is 0 Å². The predicted octanol–water partition coefficient (Wildman–Crippen LogP) is 1.57. The van der Waals surface area contributed by atoms with Crippen molar-refractivity contribution in [3.63, 3.8) is 0 Å². The minimum Gasteiger partial charge on any atom is 0 e. The van der Waals surface area contributed by atoms with E-state index in [0.717, 1.165) is 0 Å². The van der Waals surface area contributed by atoms with Gasteiger partial charge in [-0.15, -0.1) is 0 Å². The van der Waals surface area contributed by atoms with Crippen molar-refractivity contribution in [3.05, 3.63) is 0 Å². The number of halogens is 3. The standard InChI is InChI=1S/3ClH.O.Ru.Sn/h3*1H;;;/q;;;;+3;/p-3. The maximum absolute atomic E-state index is 9.57. The van der Waals surface area contributed by atoms with Gasteiger partial charge in [0.15, 0.2) is 0 Å². The summed E-state index contributed by atoms with van der Waals surface area (Å²) in [4.78, 5) is 0. The molecule has 0 bridgehead atoms. The molecular weight excluding hydrogens is 342 g/mol. The molecule has 0 saturated heterocycles. The van der Waals surface area contributed by atoms with Crippen molar-refractivity contribution >= 4 is 53.0 Å². The summed E-state index contributed by atoms with van der Waals surface area (Å²) in [6.07, 6.45) is 0. The van der Waals surface area contributed by atoms with Crippen LogP contribution in [0.2, 0.25) is 0 Å². The molecule has 0 N–H and O–H groups in total. The van der Waals surface area contributed by atoms with Crippen LogP contribution in [-0.4, -0.2) is 23.9 Å². The van der Waals surface area contributed by atoms with Gasteiger partial charge in [0.2, 0.25) is 0 Å². The average molecular weight is 342 g/mol. The Kier molecular flexibility index (Phi) is 7.35. The molecule has 6 heavy (non-hydrogen) atoms. The van der Waals surface area contributed by atoms with Crippen LogP contribution in [0.1, 0.15) is 0 Å². The van der Waals surface area contributed by atoms with E-state index in [0.29, 0.717) is 0 Å². The first-order valence-electron chi connectivity index (χ1n) is 0.545. The van der Waals surface area contributed by atoms with Gasteiger partial charge in [-0.1, -0.05) is 0 Å². The third-order valence-electron chi connectivity index (χ3n) is 0. The molecule has 0 amide bonds. The largest absolute Gasteiger partial charge is 0 e. The monoisotopic (exact) mass is 343 g/mol. The van der Waals surface area contributed by atoms with Crippen LogP contribution in [0.5, 0.6) is 0 Å². The van der Waals surface area contributed by atoms with Gasteiger partial charge >= 0.3 is 44.4 Å². The van der Waals surface area contributed by atoms with E-state index in [1.165, 1.54) is 0 Å². The van der Waals surface area contributed by atoms with Gasteiger partial charge < -0.3 is 0 Å². The van der Waals surface area contributed by atoms with Crippen LogP contribution < -0.4 is 0 Å². The van der Waals surface area contributed by atoms with Crippen molar-refractivity contribution < 1.29 is 15.3 Å². The van der Waals surface area contributed by atoms with Gasteiger partial charge in [0.1, 0.15) is 0 Å². The molecule has 0 heterocycles. The summed E-state index contributed by atoms with van der Waals surface area (Å²) in [6, 6.07) is 0. The summed E-state index contributed by atoms with van der Waals surface area (Å²) in [6.45, 7) is 0. The molecule has 0 rings (SSSR count). The summed E-state index contributed by atoms with van der Waals surface area (Å²) in [5.74, 6) is 0. The summed E-state index contributed by atoms with van der Waals surface area (Å²) in [5.41, 5.74) is 0. The Bertz CT molecular complexity index is 56.9. The first kappa shape index (κ1) is 11.0. The minimum absolute atomic E-state index is 0. The molecule has 0 aromatic carbocycles. The van der Waals surface area contributed by atoms with Crippen LogP contribution >= 0.6 is 29.1 Å². The Hall–Kier alpha value is 2.09. The van der Waals surface area contributed by atoms with E-state index in [-0.39, 0.29) is 23.9 Å². The van der Waals surface area contributed by atoms with Gasteiger partial charge in [0.05, 0.1) is 0 Å². The molecule has 0 atom stereocenters. The number of hydrogen-bond acceptors (Lipinski definition) is 1. The van der Waals surface area contributed by atoms with Crippen LogP contribution in [0, 0.1) is 0 Å². The van der Waals surface area contributed by atoms with Crippen LogP contribution in [-0.2, 0) is 15.3 Å². The molecule has 0 unspecified atom stereocenters. The molecular formula is Cl3ORuSn. The summed E-state index contributed by atoms with van der Waals surface area (Å²) >= 11 is -3.69. The molecule has 0 spiro atoms. The molecule has 6 heteroatoms. The van der Waals surface area contributed by atoms with Gasteiger partial charge in [-0.25, -0.2) is 0 Å². The zero-order valence-electron chi connectivity index (χ0n) is 2.40. The van der Waals surface area contributed by atoms with Crippen molar-refractivity contribution in [1.29, 1.82) is 0 Å². The SMILES string of the molecule is [O]=[Ru]([Cl])([Cl])[Cl].[Sn]. The zero-order valence-corrected chi connectivity index (χ0v) is 9.26. The average Bonchev–Trinajstić information content (AvgIpc) is 0.722. The minimum atomic E-state index is -3.69. The Labute approximate surface area is 67.5 Å². The molecule has 0 aliphatic rings. The van der Waals surface area contributed by atoms with E-state index in [4.69, 9.17) is 0 Å². The molecule has 0 aromatic heterocycles. The van der Waals surface area contributed by atoms with Gasteiger partial charge in [-0.3, -0.25) is 0 Å². The van der Waals surface area contributed by atoms with Crippen LogP contribution in [0.4, 0.5) is 0 Å². The van der Waals surface area contributed by atoms with Crippen molar-refractivity contribution in [2.45, 2.75) is 0 Å². The first-order valence-corrected chi connectivity index (χ1v) is 7.97. The van der Waals surface area contributed by atoms with Crippen molar-refractivity contribution in [3.8, 4) is 0 Å². The second-order valence-corrected chi connectivity index (χ2v) is 11.0.